The number of hydrogen-bond acceptors (Lipinski definition) is 5. The van der Waals surface area contributed by atoms with E-state index in [-0.39, 0.29) is 35.9 Å². The zero-order valence-electron chi connectivity index (χ0n) is 16.2. The maximum absolute atomic E-state index is 14.7. The van der Waals surface area contributed by atoms with Crippen molar-refractivity contribution >= 4 is 22.2 Å². The molecular weight excluding hydrogens is 425 g/mol. The molecule has 3 aromatic heterocycles. The summed E-state index contributed by atoms with van der Waals surface area (Å²) in [7, 11) is 0. The molecule has 11 heteroatoms. The first-order valence-corrected chi connectivity index (χ1v) is 9.72. The Labute approximate surface area is 176 Å². The van der Waals surface area contributed by atoms with Crippen LogP contribution in [-0.4, -0.2) is 35.7 Å². The second-order valence-corrected chi connectivity index (χ2v) is 7.38. The number of H-pyrrole nitrogens is 1. The van der Waals surface area contributed by atoms with Crippen molar-refractivity contribution in [2.24, 2.45) is 0 Å². The lowest BCUT2D eigenvalue weighted by Gasteiger charge is -2.27. The molecule has 6 rings (SSSR count). The van der Waals surface area contributed by atoms with E-state index >= 15 is 0 Å². The van der Waals surface area contributed by atoms with Gasteiger partial charge in [-0.3, -0.25) is 9.13 Å². The quantitative estimate of drug-likeness (QED) is 0.457. The number of fused-ring (bicyclic) bond motifs is 3. The van der Waals surface area contributed by atoms with Crippen molar-refractivity contribution in [1.82, 2.24) is 29.1 Å². The van der Waals surface area contributed by atoms with Crippen molar-refractivity contribution in [1.29, 1.82) is 0 Å². The van der Waals surface area contributed by atoms with Gasteiger partial charge >= 0.3 is 5.69 Å². The van der Waals surface area contributed by atoms with E-state index in [1.807, 2.05) is 0 Å². The lowest BCUT2D eigenvalue weighted by Crippen LogP contribution is -2.29. The Hall–Kier alpha value is -4.15. The predicted molar refractivity (Wildman–Crippen MR) is 107 cm³/mol. The molecule has 0 aliphatic carbocycles. The standard InChI is InChI=1S/C21H13F3N6O2/c22-10-1-4-13-16(7-10)29(9-26-13)20-25-8-14-19(28-20)30(21(31)27-14)15-5-6-32-18-12(24)3-2-11(23)17(15)18/h1-4,7-9,15H,5-6H2,(H,27,31)/t15-/m1/s1. The minimum atomic E-state index is -0.838. The number of nitrogens with zero attached hydrogens (tertiary/aromatic N) is 5. The molecule has 0 saturated heterocycles. The van der Waals surface area contributed by atoms with Crippen LogP contribution in [0.4, 0.5) is 13.2 Å². The van der Waals surface area contributed by atoms with Crippen molar-refractivity contribution in [3.05, 3.63) is 76.4 Å². The lowest BCUT2D eigenvalue weighted by molar-refractivity contribution is 0.238. The number of ether oxygens (including phenoxy) is 1. The second-order valence-electron chi connectivity index (χ2n) is 7.38. The average molecular weight is 438 g/mol. The van der Waals surface area contributed by atoms with Gasteiger partial charge in [-0.1, -0.05) is 0 Å². The normalized spacial score (nSPS) is 15.8. The summed E-state index contributed by atoms with van der Waals surface area (Å²) in [5.41, 5.74) is 0.902. The van der Waals surface area contributed by atoms with E-state index in [1.165, 1.54) is 39.9 Å². The summed E-state index contributed by atoms with van der Waals surface area (Å²) in [4.78, 5) is 28.4. The summed E-state index contributed by atoms with van der Waals surface area (Å²) in [6.07, 6.45) is 3.08. The first kappa shape index (κ1) is 18.6. The molecule has 0 unspecified atom stereocenters. The Bertz CT molecular complexity index is 1590. The van der Waals surface area contributed by atoms with Gasteiger partial charge in [0.15, 0.2) is 17.2 Å². The largest absolute Gasteiger partial charge is 0.490 e. The van der Waals surface area contributed by atoms with Crippen LogP contribution in [-0.2, 0) is 0 Å². The van der Waals surface area contributed by atoms with Crippen LogP contribution >= 0.6 is 0 Å². The first-order chi connectivity index (χ1) is 15.5. The van der Waals surface area contributed by atoms with Crippen molar-refractivity contribution in [2.45, 2.75) is 12.5 Å². The van der Waals surface area contributed by atoms with E-state index in [0.29, 0.717) is 16.6 Å². The molecule has 0 fully saturated rings. The minimum Gasteiger partial charge on any atom is -0.490 e. The Kier molecular flexibility index (Phi) is 3.88. The van der Waals surface area contributed by atoms with Gasteiger partial charge in [0.05, 0.1) is 35.4 Å². The van der Waals surface area contributed by atoms with Crippen LogP contribution in [0.2, 0.25) is 0 Å². The van der Waals surface area contributed by atoms with Gasteiger partial charge in [-0.15, -0.1) is 0 Å². The molecule has 1 atom stereocenters. The van der Waals surface area contributed by atoms with Gasteiger partial charge in [-0.05, 0) is 24.3 Å². The third-order valence-corrected chi connectivity index (χ3v) is 5.55. The topological polar surface area (TPSA) is 90.6 Å². The summed E-state index contributed by atoms with van der Waals surface area (Å²) < 4.78 is 50.8. The van der Waals surface area contributed by atoms with Crippen LogP contribution in [0.25, 0.3) is 28.1 Å². The number of benzene rings is 2. The van der Waals surface area contributed by atoms with Crippen molar-refractivity contribution in [2.75, 3.05) is 6.61 Å². The SMILES string of the molecule is O=c1[nH]c2cnc(-n3cnc4ccc(F)cc43)nc2n1[C@@H]1CCOc2c(F)ccc(F)c21. The highest BCUT2D eigenvalue weighted by Crippen LogP contribution is 2.38. The number of hydrogen-bond donors (Lipinski definition) is 1. The van der Waals surface area contributed by atoms with E-state index in [9.17, 15) is 18.0 Å². The molecule has 2 aromatic carbocycles. The van der Waals surface area contributed by atoms with Crippen molar-refractivity contribution < 1.29 is 17.9 Å². The second kappa shape index (κ2) is 6.67. The van der Waals surface area contributed by atoms with Gasteiger partial charge in [0, 0.05) is 12.5 Å². The Morgan fingerprint density at radius 1 is 1.09 bits per heavy atom. The van der Waals surface area contributed by atoms with Gasteiger partial charge in [0.2, 0.25) is 5.95 Å². The Morgan fingerprint density at radius 2 is 1.94 bits per heavy atom. The minimum absolute atomic E-state index is 0.0467. The van der Waals surface area contributed by atoms with Gasteiger partial charge in [0.1, 0.15) is 23.5 Å². The van der Waals surface area contributed by atoms with Crippen molar-refractivity contribution in [3.8, 4) is 11.7 Å². The van der Waals surface area contributed by atoms with E-state index in [1.54, 1.807) is 0 Å². The maximum atomic E-state index is 14.7. The Balaban J connectivity index is 1.57. The molecule has 1 aliphatic rings. The summed E-state index contributed by atoms with van der Waals surface area (Å²) in [6, 6.07) is 5.27. The highest BCUT2D eigenvalue weighted by Gasteiger charge is 2.32. The fourth-order valence-electron chi connectivity index (χ4n) is 4.13. The van der Waals surface area contributed by atoms with Crippen molar-refractivity contribution in [3.63, 3.8) is 0 Å². The van der Waals surface area contributed by atoms with Crippen LogP contribution in [0.5, 0.6) is 5.75 Å². The molecular formula is C21H13F3N6O2. The zero-order chi connectivity index (χ0) is 22.0. The average Bonchev–Trinajstić information content (AvgIpc) is 3.35. The van der Waals surface area contributed by atoms with E-state index in [4.69, 9.17) is 4.74 Å². The molecule has 0 saturated carbocycles. The highest BCUT2D eigenvalue weighted by molar-refractivity contribution is 5.77. The number of halogens is 3. The van der Waals surface area contributed by atoms with E-state index in [2.05, 4.69) is 19.9 Å². The molecule has 0 amide bonds. The molecule has 1 aliphatic heterocycles. The third kappa shape index (κ3) is 2.63. The lowest BCUT2D eigenvalue weighted by atomic mass is 9.99. The van der Waals surface area contributed by atoms with Crippen LogP contribution in [0.15, 0.2) is 47.7 Å². The van der Waals surface area contributed by atoms with E-state index < -0.39 is 29.2 Å². The van der Waals surface area contributed by atoms with Gasteiger partial charge in [-0.25, -0.2) is 27.9 Å². The number of aromatic amines is 1. The highest BCUT2D eigenvalue weighted by atomic mass is 19.1. The molecule has 32 heavy (non-hydrogen) atoms. The number of imidazole rings is 2. The molecule has 160 valence electrons. The molecule has 8 nitrogen and oxygen atoms in total. The zero-order valence-corrected chi connectivity index (χ0v) is 16.2. The predicted octanol–water partition coefficient (Wildman–Crippen LogP) is 3.25. The maximum Gasteiger partial charge on any atom is 0.328 e. The summed E-state index contributed by atoms with van der Waals surface area (Å²) in [5.74, 6) is -1.91. The summed E-state index contributed by atoms with van der Waals surface area (Å²) >= 11 is 0. The summed E-state index contributed by atoms with van der Waals surface area (Å²) in [5, 5.41) is 0. The van der Waals surface area contributed by atoms with Gasteiger partial charge < -0.3 is 9.72 Å². The van der Waals surface area contributed by atoms with Gasteiger partial charge in [-0.2, -0.15) is 4.98 Å². The molecule has 0 radical (unpaired) electrons. The number of aromatic nitrogens is 6. The first-order valence-electron chi connectivity index (χ1n) is 9.72. The monoisotopic (exact) mass is 438 g/mol. The van der Waals surface area contributed by atoms with Crippen LogP contribution < -0.4 is 10.4 Å². The van der Waals surface area contributed by atoms with Gasteiger partial charge in [0.25, 0.3) is 0 Å². The number of rotatable bonds is 2. The smallest absolute Gasteiger partial charge is 0.328 e. The third-order valence-electron chi connectivity index (χ3n) is 5.55. The molecule has 0 bridgehead atoms. The van der Waals surface area contributed by atoms with Crippen LogP contribution in [0.1, 0.15) is 18.0 Å². The molecule has 1 N–H and O–H groups in total. The van der Waals surface area contributed by atoms with E-state index in [0.717, 1.165) is 12.1 Å². The molecule has 5 aromatic rings. The van der Waals surface area contributed by atoms with Crippen LogP contribution in [0, 0.1) is 17.5 Å². The fraction of sp³-hybridized carbons (Fsp3) is 0.143. The van der Waals surface area contributed by atoms with Crippen LogP contribution in [0.3, 0.4) is 0 Å². The molecule has 4 heterocycles. The Morgan fingerprint density at radius 3 is 2.81 bits per heavy atom. The summed E-state index contributed by atoms with van der Waals surface area (Å²) in [6.45, 7) is 0.0977. The number of nitrogens with one attached hydrogen (secondary N) is 1. The molecule has 0 spiro atoms. The fourth-order valence-corrected chi connectivity index (χ4v) is 4.13.